The number of methoxy groups -OCH3 is 1. The molecule has 0 saturated carbocycles. The van der Waals surface area contributed by atoms with Gasteiger partial charge in [-0.1, -0.05) is 99.2 Å². The maximum atomic E-state index is 12.1. The van der Waals surface area contributed by atoms with Crippen LogP contribution < -0.4 is 0 Å². The minimum absolute atomic E-state index is 0.320. The van der Waals surface area contributed by atoms with Gasteiger partial charge in [0.2, 0.25) is 0 Å². The van der Waals surface area contributed by atoms with Crippen LogP contribution >= 0.6 is 8.20 Å². The normalized spacial score (nSPS) is 15.8. The summed E-state index contributed by atoms with van der Waals surface area (Å²) in [6.07, 6.45) is 2.40. The van der Waals surface area contributed by atoms with E-state index in [1.165, 1.54) is 31.7 Å². The van der Waals surface area contributed by atoms with Crippen molar-refractivity contribution in [3.8, 4) is 0 Å². The topological polar surface area (TPSA) is 26.3 Å². The molecule has 29 heavy (non-hydrogen) atoms. The largest absolute Gasteiger partial charge is 0.466 e. The zero-order chi connectivity index (χ0) is 20.1. The average molecular weight is 396 g/mol. The van der Waals surface area contributed by atoms with Crippen LogP contribution in [0.15, 0.2) is 103 Å². The van der Waals surface area contributed by atoms with Gasteiger partial charge in [-0.05, 0) is 27.8 Å². The quantitative estimate of drug-likeness (QED) is 0.313. The molecular formula is C26H21O2P. The number of rotatable bonds is 4. The van der Waals surface area contributed by atoms with Crippen molar-refractivity contribution in [1.82, 2.24) is 0 Å². The molecule has 142 valence electrons. The molecule has 0 radical (unpaired) electrons. The second-order valence-electron chi connectivity index (χ2n) is 6.71. The van der Waals surface area contributed by atoms with Gasteiger partial charge in [-0.15, -0.1) is 0 Å². The summed E-state index contributed by atoms with van der Waals surface area (Å²) < 4.78 is 4.94. The Morgan fingerprint density at radius 3 is 1.76 bits per heavy atom. The lowest BCUT2D eigenvalue weighted by atomic mass is 9.86. The fourth-order valence-corrected chi connectivity index (χ4v) is 4.88. The molecule has 4 rings (SSSR count). The summed E-state index contributed by atoms with van der Waals surface area (Å²) in [5.74, 6) is -0.320. The van der Waals surface area contributed by atoms with Gasteiger partial charge in [-0.2, -0.15) is 0 Å². The average Bonchev–Trinajstić information content (AvgIpc) is 2.80. The van der Waals surface area contributed by atoms with E-state index in [-0.39, 0.29) is 5.97 Å². The van der Waals surface area contributed by atoms with Crippen molar-refractivity contribution in [2.24, 2.45) is 0 Å². The Hall–Kier alpha value is -3.22. The fraction of sp³-hybridized carbons (Fsp3) is 0.0769. The Labute approximate surface area is 173 Å². The number of hydrogen-bond acceptors (Lipinski definition) is 2. The number of carbonyl (C=O) groups excluding carboxylic acids is 1. The van der Waals surface area contributed by atoms with Gasteiger partial charge >= 0.3 is 5.97 Å². The first-order valence-corrected chi connectivity index (χ1v) is 10.6. The summed E-state index contributed by atoms with van der Waals surface area (Å²) in [7, 11) is 2.59. The van der Waals surface area contributed by atoms with Gasteiger partial charge in [0.15, 0.2) is 0 Å². The summed E-state index contributed by atoms with van der Waals surface area (Å²) in [5, 5.41) is 1.28. The van der Waals surface area contributed by atoms with E-state index in [0.717, 1.165) is 28.4 Å². The highest BCUT2D eigenvalue weighted by atomic mass is 31.1. The number of carbonyl (C=O) groups is 1. The molecule has 1 heterocycles. The Morgan fingerprint density at radius 1 is 0.759 bits per heavy atom. The summed E-state index contributed by atoms with van der Waals surface area (Å²) in [6.45, 7) is 0. The third-order valence-corrected chi connectivity index (χ3v) is 6.18. The van der Waals surface area contributed by atoms with Crippen molar-refractivity contribution in [3.63, 3.8) is 0 Å². The molecule has 0 aliphatic carbocycles. The zero-order valence-electron chi connectivity index (χ0n) is 16.2. The third kappa shape index (κ3) is 4.13. The van der Waals surface area contributed by atoms with Gasteiger partial charge in [-0.25, -0.2) is 4.79 Å². The lowest BCUT2D eigenvalue weighted by Gasteiger charge is -2.25. The lowest BCUT2D eigenvalue weighted by Crippen LogP contribution is -2.13. The third-order valence-electron chi connectivity index (χ3n) is 4.88. The fourth-order valence-electron chi connectivity index (χ4n) is 3.57. The van der Waals surface area contributed by atoms with Crippen molar-refractivity contribution < 1.29 is 9.53 Å². The second-order valence-corrected chi connectivity index (χ2v) is 7.79. The molecule has 0 saturated heterocycles. The number of ether oxygens (including phenoxy) is 1. The van der Waals surface area contributed by atoms with E-state index < -0.39 is 0 Å². The maximum absolute atomic E-state index is 12.1. The Kier molecular flexibility index (Phi) is 5.84. The van der Waals surface area contributed by atoms with Crippen LogP contribution in [0.4, 0.5) is 0 Å². The summed E-state index contributed by atoms with van der Waals surface area (Å²) in [5.41, 5.74) is 6.73. The second kappa shape index (κ2) is 8.86. The predicted molar refractivity (Wildman–Crippen MR) is 122 cm³/mol. The SMILES string of the molecule is COC(=O)C=C1CP=C(c2ccccc2)C(c2ccccc2)=C1c1ccccc1. The first-order chi connectivity index (χ1) is 14.3. The van der Waals surface area contributed by atoms with E-state index in [1.807, 2.05) is 30.3 Å². The Morgan fingerprint density at radius 2 is 1.24 bits per heavy atom. The van der Waals surface area contributed by atoms with E-state index in [1.54, 1.807) is 6.08 Å². The highest BCUT2D eigenvalue weighted by molar-refractivity contribution is 7.44. The zero-order valence-corrected chi connectivity index (χ0v) is 17.1. The molecule has 1 aliphatic heterocycles. The molecule has 0 unspecified atom stereocenters. The minimum atomic E-state index is -0.320. The first kappa shape index (κ1) is 19.1. The monoisotopic (exact) mass is 396 g/mol. The van der Waals surface area contributed by atoms with Crippen LogP contribution in [0.3, 0.4) is 0 Å². The van der Waals surface area contributed by atoms with Gasteiger partial charge in [0, 0.05) is 23.1 Å². The highest BCUT2D eigenvalue weighted by Gasteiger charge is 2.24. The summed E-state index contributed by atoms with van der Waals surface area (Å²) in [6, 6.07) is 31.2. The van der Waals surface area contributed by atoms with Crippen molar-refractivity contribution in [2.75, 3.05) is 13.3 Å². The van der Waals surface area contributed by atoms with Gasteiger partial charge in [0.1, 0.15) is 0 Å². The number of allylic oxidation sites excluding steroid dienone is 3. The molecular weight excluding hydrogens is 375 g/mol. The Bertz CT molecular complexity index is 1100. The van der Waals surface area contributed by atoms with Gasteiger partial charge < -0.3 is 4.74 Å². The van der Waals surface area contributed by atoms with E-state index in [9.17, 15) is 4.79 Å². The predicted octanol–water partition coefficient (Wildman–Crippen LogP) is 5.88. The molecule has 0 amide bonds. The molecule has 3 heteroatoms. The molecule has 3 aromatic carbocycles. The summed E-state index contributed by atoms with van der Waals surface area (Å²) >= 11 is 0. The van der Waals surface area contributed by atoms with Crippen LogP contribution in [0.25, 0.3) is 11.1 Å². The molecule has 1 aliphatic rings. The standard InChI is InChI=1S/C26H21O2P/c1-28-23(27)17-22-18-29-26(21-15-9-4-10-16-21)25(20-13-7-3-8-14-20)24(22)19-11-5-2-6-12-19/h2-17H,18H2,1H3. The van der Waals surface area contributed by atoms with Crippen LogP contribution in [0.1, 0.15) is 16.7 Å². The molecule has 0 N–H and O–H groups in total. The van der Waals surface area contributed by atoms with Crippen LogP contribution in [-0.4, -0.2) is 24.5 Å². The van der Waals surface area contributed by atoms with E-state index >= 15 is 0 Å². The summed E-state index contributed by atoms with van der Waals surface area (Å²) in [4.78, 5) is 12.1. The van der Waals surface area contributed by atoms with Gasteiger partial charge in [-0.3, -0.25) is 0 Å². The first-order valence-electron chi connectivity index (χ1n) is 9.52. The number of hydrogen-bond donors (Lipinski definition) is 0. The highest BCUT2D eigenvalue weighted by Crippen LogP contribution is 2.41. The molecule has 2 nitrogen and oxygen atoms in total. The molecule has 3 aromatic rings. The van der Waals surface area contributed by atoms with Crippen molar-refractivity contribution in [2.45, 2.75) is 0 Å². The Balaban J connectivity index is 2.03. The van der Waals surface area contributed by atoms with Crippen molar-refractivity contribution >= 4 is 30.6 Å². The van der Waals surface area contributed by atoms with Crippen molar-refractivity contribution in [1.29, 1.82) is 0 Å². The van der Waals surface area contributed by atoms with Gasteiger partial charge in [0.25, 0.3) is 0 Å². The molecule has 0 spiro atoms. The molecule has 0 fully saturated rings. The van der Waals surface area contributed by atoms with Crippen molar-refractivity contribution in [3.05, 3.63) is 119 Å². The van der Waals surface area contributed by atoms with E-state index in [0.29, 0.717) is 0 Å². The van der Waals surface area contributed by atoms with E-state index in [4.69, 9.17) is 4.74 Å². The van der Waals surface area contributed by atoms with Crippen LogP contribution in [-0.2, 0) is 9.53 Å². The van der Waals surface area contributed by atoms with E-state index in [2.05, 4.69) is 60.7 Å². The van der Waals surface area contributed by atoms with Crippen LogP contribution in [0.2, 0.25) is 0 Å². The minimum Gasteiger partial charge on any atom is -0.466 e. The van der Waals surface area contributed by atoms with Crippen LogP contribution in [0, 0.1) is 0 Å². The van der Waals surface area contributed by atoms with Crippen LogP contribution in [0.5, 0.6) is 0 Å². The number of benzene rings is 3. The lowest BCUT2D eigenvalue weighted by molar-refractivity contribution is -0.134. The smallest absolute Gasteiger partial charge is 0.330 e. The molecule has 0 atom stereocenters. The number of esters is 1. The molecule has 0 bridgehead atoms. The van der Waals surface area contributed by atoms with Gasteiger partial charge in [0.05, 0.1) is 7.11 Å². The molecule has 0 aromatic heterocycles. The maximum Gasteiger partial charge on any atom is 0.330 e.